The molecule has 72 valence electrons. The molecule has 0 atom stereocenters. The van der Waals surface area contributed by atoms with Crippen LogP contribution in [-0.4, -0.2) is 24.9 Å². The van der Waals surface area contributed by atoms with Crippen LogP contribution in [0.3, 0.4) is 0 Å². The Kier molecular flexibility index (Phi) is 4.28. The Hall–Kier alpha value is -0.510. The van der Waals surface area contributed by atoms with Crippen molar-refractivity contribution in [2.24, 2.45) is 5.73 Å². The van der Waals surface area contributed by atoms with Gasteiger partial charge in [0, 0.05) is 18.1 Å². The van der Waals surface area contributed by atoms with E-state index in [0.29, 0.717) is 6.67 Å². The Labute approximate surface area is 84.1 Å². The first-order valence-corrected chi connectivity index (χ1v) is 5.50. The van der Waals surface area contributed by atoms with Crippen LogP contribution in [0.1, 0.15) is 5.56 Å². The summed E-state index contributed by atoms with van der Waals surface area (Å²) in [6.45, 7) is 1.52. The zero-order valence-electron chi connectivity index (χ0n) is 8.16. The first-order chi connectivity index (χ1) is 6.26. The van der Waals surface area contributed by atoms with E-state index in [2.05, 4.69) is 35.4 Å². The third-order valence-electron chi connectivity index (χ3n) is 1.92. The molecule has 0 amide bonds. The van der Waals surface area contributed by atoms with Crippen molar-refractivity contribution < 1.29 is 0 Å². The van der Waals surface area contributed by atoms with Gasteiger partial charge in [0.05, 0.1) is 0 Å². The van der Waals surface area contributed by atoms with Gasteiger partial charge in [0.2, 0.25) is 0 Å². The highest BCUT2D eigenvalue weighted by Crippen LogP contribution is 2.15. The number of rotatable bonds is 4. The summed E-state index contributed by atoms with van der Waals surface area (Å²) >= 11 is 1.76. The van der Waals surface area contributed by atoms with Crippen LogP contribution in [0.5, 0.6) is 0 Å². The van der Waals surface area contributed by atoms with Gasteiger partial charge in [-0.3, -0.25) is 4.90 Å². The molecule has 0 aromatic heterocycles. The summed E-state index contributed by atoms with van der Waals surface area (Å²) in [5, 5.41) is 0. The number of hydrogen-bond donors (Lipinski definition) is 1. The van der Waals surface area contributed by atoms with Crippen LogP contribution in [0.15, 0.2) is 29.2 Å². The fraction of sp³-hybridized carbons (Fsp3) is 0.400. The highest BCUT2D eigenvalue weighted by Gasteiger charge is 1.97. The second-order valence-corrected chi connectivity index (χ2v) is 3.92. The highest BCUT2D eigenvalue weighted by atomic mass is 32.2. The second-order valence-electron chi connectivity index (χ2n) is 3.04. The summed E-state index contributed by atoms with van der Waals surface area (Å²) in [5.74, 6) is 0. The Bertz CT molecular complexity index is 246. The van der Waals surface area contributed by atoms with E-state index in [0.717, 1.165) is 6.54 Å². The average molecular weight is 196 g/mol. The number of nitrogens with zero attached hydrogens (tertiary/aromatic N) is 1. The van der Waals surface area contributed by atoms with Crippen molar-refractivity contribution in [1.82, 2.24) is 4.90 Å². The summed E-state index contributed by atoms with van der Waals surface area (Å²) in [6.07, 6.45) is 2.08. The summed E-state index contributed by atoms with van der Waals surface area (Å²) < 4.78 is 0. The van der Waals surface area contributed by atoms with E-state index in [9.17, 15) is 0 Å². The number of thioether (sulfide) groups is 1. The normalized spacial score (nSPS) is 10.8. The molecule has 3 heteroatoms. The van der Waals surface area contributed by atoms with Gasteiger partial charge in [0.15, 0.2) is 0 Å². The summed E-state index contributed by atoms with van der Waals surface area (Å²) in [5.41, 5.74) is 6.81. The van der Waals surface area contributed by atoms with Gasteiger partial charge < -0.3 is 5.73 Å². The highest BCUT2D eigenvalue weighted by molar-refractivity contribution is 7.98. The van der Waals surface area contributed by atoms with E-state index < -0.39 is 0 Å². The average Bonchev–Trinajstić information content (AvgIpc) is 2.19. The summed E-state index contributed by atoms with van der Waals surface area (Å²) in [7, 11) is 2.02. The van der Waals surface area contributed by atoms with Crippen LogP contribution >= 0.6 is 11.8 Å². The zero-order valence-corrected chi connectivity index (χ0v) is 8.97. The molecule has 2 N–H and O–H groups in total. The van der Waals surface area contributed by atoms with Crippen LogP contribution in [-0.2, 0) is 6.54 Å². The first kappa shape index (κ1) is 10.6. The molecule has 0 aliphatic rings. The minimum absolute atomic E-state index is 0.601. The standard InChI is InChI=1S/C10H16N2S/c1-12(8-11)7-9-3-5-10(13-2)6-4-9/h3-6H,7-8,11H2,1-2H3. The second kappa shape index (κ2) is 5.27. The predicted molar refractivity (Wildman–Crippen MR) is 58.7 cm³/mol. The van der Waals surface area contributed by atoms with Gasteiger partial charge in [0.1, 0.15) is 0 Å². The van der Waals surface area contributed by atoms with Crippen molar-refractivity contribution in [3.8, 4) is 0 Å². The van der Waals surface area contributed by atoms with Gasteiger partial charge >= 0.3 is 0 Å². The molecule has 0 bridgehead atoms. The third-order valence-corrected chi connectivity index (χ3v) is 2.67. The Morgan fingerprint density at radius 3 is 2.38 bits per heavy atom. The largest absolute Gasteiger partial charge is 0.318 e. The maximum atomic E-state index is 5.50. The Balaban J connectivity index is 2.58. The molecule has 0 fully saturated rings. The lowest BCUT2D eigenvalue weighted by molar-refractivity contribution is 0.337. The van der Waals surface area contributed by atoms with Crippen molar-refractivity contribution in [2.75, 3.05) is 20.0 Å². The molecule has 0 aliphatic heterocycles. The zero-order chi connectivity index (χ0) is 9.68. The molecule has 0 heterocycles. The maximum absolute atomic E-state index is 5.50. The Morgan fingerprint density at radius 2 is 1.92 bits per heavy atom. The first-order valence-electron chi connectivity index (χ1n) is 4.28. The van der Waals surface area contributed by atoms with Crippen molar-refractivity contribution in [3.05, 3.63) is 29.8 Å². The molecule has 0 unspecified atom stereocenters. The summed E-state index contributed by atoms with van der Waals surface area (Å²) in [6, 6.07) is 8.59. The van der Waals surface area contributed by atoms with E-state index in [-0.39, 0.29) is 0 Å². The van der Waals surface area contributed by atoms with Gasteiger partial charge in [-0.05, 0) is 31.0 Å². The van der Waals surface area contributed by atoms with Gasteiger partial charge in [-0.25, -0.2) is 0 Å². The van der Waals surface area contributed by atoms with Crippen molar-refractivity contribution in [2.45, 2.75) is 11.4 Å². The van der Waals surface area contributed by atoms with Crippen molar-refractivity contribution in [3.63, 3.8) is 0 Å². The van der Waals surface area contributed by atoms with E-state index in [1.807, 2.05) is 7.05 Å². The molecule has 2 nitrogen and oxygen atoms in total. The van der Waals surface area contributed by atoms with Crippen LogP contribution in [0, 0.1) is 0 Å². The molecular formula is C10H16N2S. The SMILES string of the molecule is CSc1ccc(CN(C)CN)cc1. The van der Waals surface area contributed by atoms with Crippen LogP contribution in [0.25, 0.3) is 0 Å². The molecule has 1 rings (SSSR count). The third kappa shape index (κ3) is 3.38. The van der Waals surface area contributed by atoms with E-state index in [1.54, 1.807) is 11.8 Å². The van der Waals surface area contributed by atoms with Gasteiger partial charge in [-0.15, -0.1) is 11.8 Å². The topological polar surface area (TPSA) is 29.3 Å². The number of hydrogen-bond acceptors (Lipinski definition) is 3. The summed E-state index contributed by atoms with van der Waals surface area (Å²) in [4.78, 5) is 3.38. The number of benzene rings is 1. The Morgan fingerprint density at radius 1 is 1.31 bits per heavy atom. The lowest BCUT2D eigenvalue weighted by atomic mass is 10.2. The van der Waals surface area contributed by atoms with Crippen LogP contribution < -0.4 is 5.73 Å². The van der Waals surface area contributed by atoms with Crippen molar-refractivity contribution in [1.29, 1.82) is 0 Å². The van der Waals surface area contributed by atoms with Gasteiger partial charge in [0.25, 0.3) is 0 Å². The quantitative estimate of drug-likeness (QED) is 0.587. The minimum atomic E-state index is 0.601. The maximum Gasteiger partial charge on any atom is 0.0455 e. The van der Waals surface area contributed by atoms with E-state index in [1.165, 1.54) is 10.5 Å². The predicted octanol–water partition coefficient (Wildman–Crippen LogP) is 1.76. The van der Waals surface area contributed by atoms with E-state index in [4.69, 9.17) is 5.73 Å². The lowest BCUT2D eigenvalue weighted by Gasteiger charge is -2.13. The van der Waals surface area contributed by atoms with Crippen LogP contribution in [0.4, 0.5) is 0 Å². The fourth-order valence-electron chi connectivity index (χ4n) is 1.11. The van der Waals surface area contributed by atoms with Crippen LogP contribution in [0.2, 0.25) is 0 Å². The van der Waals surface area contributed by atoms with Gasteiger partial charge in [-0.1, -0.05) is 12.1 Å². The van der Waals surface area contributed by atoms with Gasteiger partial charge in [-0.2, -0.15) is 0 Å². The monoisotopic (exact) mass is 196 g/mol. The fourth-order valence-corrected chi connectivity index (χ4v) is 1.52. The molecule has 0 radical (unpaired) electrons. The molecule has 0 aliphatic carbocycles. The minimum Gasteiger partial charge on any atom is -0.318 e. The molecule has 0 saturated heterocycles. The lowest BCUT2D eigenvalue weighted by Crippen LogP contribution is -2.24. The van der Waals surface area contributed by atoms with E-state index >= 15 is 0 Å². The number of nitrogens with two attached hydrogens (primary N) is 1. The molecule has 0 spiro atoms. The smallest absolute Gasteiger partial charge is 0.0455 e. The molecular weight excluding hydrogens is 180 g/mol. The molecule has 13 heavy (non-hydrogen) atoms. The molecule has 1 aromatic carbocycles. The molecule has 0 saturated carbocycles. The van der Waals surface area contributed by atoms with Crippen molar-refractivity contribution >= 4 is 11.8 Å². The molecule has 1 aromatic rings.